The molecule has 7 nitrogen and oxygen atoms in total. The molecule has 0 radical (unpaired) electrons. The van der Waals surface area contributed by atoms with Crippen LogP contribution < -0.4 is 0 Å². The highest BCUT2D eigenvalue weighted by atomic mass is 32.2. The highest BCUT2D eigenvalue weighted by molar-refractivity contribution is 7.84. The van der Waals surface area contributed by atoms with Crippen molar-refractivity contribution in [3.8, 4) is 22.4 Å². The fourth-order valence-electron chi connectivity index (χ4n) is 3.38. The zero-order valence-corrected chi connectivity index (χ0v) is 20.3. The average Bonchev–Trinajstić information content (AvgIpc) is 3.22. The summed E-state index contributed by atoms with van der Waals surface area (Å²) in [6.07, 6.45) is -3.15. The van der Waals surface area contributed by atoms with E-state index in [-0.39, 0.29) is 18.9 Å². The van der Waals surface area contributed by atoms with Crippen molar-refractivity contribution in [2.45, 2.75) is 24.2 Å². The van der Waals surface area contributed by atoms with Gasteiger partial charge in [0.05, 0.1) is 23.1 Å². The number of aromatic nitrogens is 2. The number of carbonyl (C=O) groups excluding carboxylic acids is 1. The molecule has 188 valence electrons. The summed E-state index contributed by atoms with van der Waals surface area (Å²) in [7, 11) is 2.31. The summed E-state index contributed by atoms with van der Waals surface area (Å²) < 4.78 is 58.1. The molecule has 1 unspecified atom stereocenters. The van der Waals surface area contributed by atoms with Gasteiger partial charge in [-0.2, -0.15) is 18.3 Å². The van der Waals surface area contributed by atoms with Gasteiger partial charge in [-0.3, -0.25) is 13.7 Å². The lowest BCUT2D eigenvalue weighted by molar-refractivity contribution is -0.146. The molecule has 3 rings (SSSR count). The van der Waals surface area contributed by atoms with Crippen molar-refractivity contribution in [3.05, 3.63) is 59.8 Å². The summed E-state index contributed by atoms with van der Waals surface area (Å²) in [5.74, 6) is -0.689. The van der Waals surface area contributed by atoms with Gasteiger partial charge in [0, 0.05) is 17.7 Å². The van der Waals surface area contributed by atoms with E-state index in [1.54, 1.807) is 42.5 Å². The van der Waals surface area contributed by atoms with Crippen LogP contribution in [-0.4, -0.2) is 63.5 Å². The standard InChI is InChI=1S/C24H26F3N3O4S/c1-29(2)10-11-34-23(32)14-30-20(13-22(28-30)24(25,26)27)17-6-4-16(5-7-17)18-8-9-19(15-31)21(12-18)35(3)33/h4-9,12-13,31H,10-11,14-15H2,1-3H3. The minimum Gasteiger partial charge on any atom is -0.463 e. The average molecular weight is 510 g/mol. The van der Waals surface area contributed by atoms with Crippen LogP contribution in [0.5, 0.6) is 0 Å². The molecule has 0 amide bonds. The molecule has 0 spiro atoms. The van der Waals surface area contributed by atoms with Gasteiger partial charge < -0.3 is 14.7 Å². The second-order valence-electron chi connectivity index (χ2n) is 8.11. The van der Waals surface area contributed by atoms with Gasteiger partial charge in [0.2, 0.25) is 0 Å². The highest BCUT2D eigenvalue weighted by Crippen LogP contribution is 2.33. The first-order valence-electron chi connectivity index (χ1n) is 10.6. The summed E-state index contributed by atoms with van der Waals surface area (Å²) in [5, 5.41) is 13.0. The SMILES string of the molecule is CN(C)CCOC(=O)Cn1nc(C(F)(F)F)cc1-c1ccc(-c2ccc(CO)c(S(C)=O)c2)cc1. The van der Waals surface area contributed by atoms with E-state index in [1.807, 2.05) is 19.0 Å². The topological polar surface area (TPSA) is 84.7 Å². The third-order valence-electron chi connectivity index (χ3n) is 5.21. The number of rotatable bonds is 9. The van der Waals surface area contributed by atoms with E-state index in [0.29, 0.717) is 22.6 Å². The lowest BCUT2D eigenvalue weighted by atomic mass is 10.0. The number of alkyl halides is 3. The van der Waals surface area contributed by atoms with Gasteiger partial charge >= 0.3 is 12.1 Å². The Morgan fingerprint density at radius 2 is 1.71 bits per heavy atom. The van der Waals surface area contributed by atoms with Crippen molar-refractivity contribution in [2.75, 3.05) is 33.5 Å². The van der Waals surface area contributed by atoms with E-state index in [9.17, 15) is 27.3 Å². The fraction of sp³-hybridized carbons (Fsp3) is 0.333. The summed E-state index contributed by atoms with van der Waals surface area (Å²) in [4.78, 5) is 14.5. The van der Waals surface area contributed by atoms with Crippen LogP contribution >= 0.6 is 0 Å². The van der Waals surface area contributed by atoms with Crippen LogP contribution in [0.4, 0.5) is 13.2 Å². The summed E-state index contributed by atoms with van der Waals surface area (Å²) in [6.45, 7) is -0.103. The maximum Gasteiger partial charge on any atom is 0.435 e. The van der Waals surface area contributed by atoms with Crippen LogP contribution in [0.25, 0.3) is 22.4 Å². The van der Waals surface area contributed by atoms with Crippen LogP contribution in [0.3, 0.4) is 0 Å². The quantitative estimate of drug-likeness (QED) is 0.444. The van der Waals surface area contributed by atoms with Crippen molar-refractivity contribution in [1.29, 1.82) is 0 Å². The molecule has 0 aliphatic rings. The Balaban J connectivity index is 1.90. The Bertz CT molecular complexity index is 1210. The predicted octanol–water partition coefficient (Wildman–Crippen LogP) is 3.57. The van der Waals surface area contributed by atoms with Crippen LogP contribution in [0.15, 0.2) is 53.4 Å². The Morgan fingerprint density at radius 3 is 2.29 bits per heavy atom. The summed E-state index contributed by atoms with van der Waals surface area (Å²) in [6, 6.07) is 12.8. The number of aliphatic hydroxyl groups excluding tert-OH is 1. The summed E-state index contributed by atoms with van der Waals surface area (Å²) >= 11 is 0. The number of ether oxygens (including phenoxy) is 1. The third-order valence-corrected chi connectivity index (χ3v) is 6.21. The first-order valence-corrected chi connectivity index (χ1v) is 12.2. The normalized spacial score (nSPS) is 12.7. The van der Waals surface area contributed by atoms with E-state index >= 15 is 0 Å². The fourth-order valence-corrected chi connectivity index (χ4v) is 4.18. The molecule has 35 heavy (non-hydrogen) atoms. The molecule has 1 N–H and O–H groups in total. The maximum atomic E-state index is 13.3. The number of likely N-dealkylation sites (N-methyl/N-ethyl adjacent to an activating group) is 1. The van der Waals surface area contributed by atoms with E-state index < -0.39 is 35.2 Å². The number of benzene rings is 2. The van der Waals surface area contributed by atoms with Gasteiger partial charge in [0.1, 0.15) is 13.2 Å². The van der Waals surface area contributed by atoms with Crippen LogP contribution in [0, 0.1) is 0 Å². The van der Waals surface area contributed by atoms with Gasteiger partial charge in [-0.1, -0.05) is 36.4 Å². The number of carbonyl (C=O) groups is 1. The minimum atomic E-state index is -4.67. The third kappa shape index (κ3) is 6.77. The van der Waals surface area contributed by atoms with Crippen molar-refractivity contribution in [2.24, 2.45) is 0 Å². The molecule has 0 aliphatic heterocycles. The Kier molecular flexibility index (Phi) is 8.47. The smallest absolute Gasteiger partial charge is 0.435 e. The van der Waals surface area contributed by atoms with Gasteiger partial charge in [0.15, 0.2) is 5.69 Å². The Labute approximate surface area is 203 Å². The van der Waals surface area contributed by atoms with E-state index in [2.05, 4.69) is 5.10 Å². The van der Waals surface area contributed by atoms with Gasteiger partial charge in [-0.15, -0.1) is 0 Å². The summed E-state index contributed by atoms with van der Waals surface area (Å²) in [5.41, 5.74) is 1.51. The van der Waals surface area contributed by atoms with Gasteiger partial charge in [-0.05, 0) is 48.5 Å². The second-order valence-corrected chi connectivity index (χ2v) is 9.45. The molecular weight excluding hydrogens is 483 g/mol. The zero-order valence-electron chi connectivity index (χ0n) is 19.5. The number of nitrogens with zero attached hydrogens (tertiary/aromatic N) is 3. The van der Waals surface area contributed by atoms with E-state index in [4.69, 9.17) is 4.74 Å². The molecular formula is C24H26F3N3O4S. The van der Waals surface area contributed by atoms with Crippen molar-refractivity contribution < 1.29 is 32.0 Å². The lowest BCUT2D eigenvalue weighted by Gasteiger charge is -2.12. The minimum absolute atomic E-state index is 0.114. The molecule has 0 fully saturated rings. The van der Waals surface area contributed by atoms with Gasteiger partial charge in [0.25, 0.3) is 0 Å². The number of hydrogen-bond donors (Lipinski definition) is 1. The second kappa shape index (κ2) is 11.1. The number of aliphatic hydroxyl groups is 1. The van der Waals surface area contributed by atoms with E-state index in [0.717, 1.165) is 21.9 Å². The molecule has 1 aromatic heterocycles. The Morgan fingerprint density at radius 1 is 1.09 bits per heavy atom. The molecule has 1 atom stereocenters. The van der Waals surface area contributed by atoms with Crippen LogP contribution in [0.1, 0.15) is 11.3 Å². The van der Waals surface area contributed by atoms with Crippen molar-refractivity contribution in [1.82, 2.24) is 14.7 Å². The molecule has 0 saturated heterocycles. The Hall–Kier alpha value is -3.02. The monoisotopic (exact) mass is 509 g/mol. The maximum absolute atomic E-state index is 13.3. The molecule has 0 bridgehead atoms. The van der Waals surface area contributed by atoms with Crippen LogP contribution in [-0.2, 0) is 39.7 Å². The lowest BCUT2D eigenvalue weighted by Crippen LogP contribution is -2.22. The molecule has 0 aliphatic carbocycles. The highest BCUT2D eigenvalue weighted by Gasteiger charge is 2.35. The molecule has 1 heterocycles. The van der Waals surface area contributed by atoms with Gasteiger partial charge in [-0.25, -0.2) is 0 Å². The zero-order chi connectivity index (χ0) is 25.8. The molecule has 0 saturated carbocycles. The molecule has 3 aromatic rings. The first kappa shape index (κ1) is 26.6. The first-order chi connectivity index (χ1) is 16.5. The van der Waals surface area contributed by atoms with E-state index in [1.165, 1.54) is 6.26 Å². The van der Waals surface area contributed by atoms with Crippen molar-refractivity contribution in [3.63, 3.8) is 0 Å². The molecule has 11 heteroatoms. The number of esters is 1. The van der Waals surface area contributed by atoms with Crippen molar-refractivity contribution >= 4 is 16.8 Å². The number of hydrogen-bond acceptors (Lipinski definition) is 6. The largest absolute Gasteiger partial charge is 0.463 e. The van der Waals surface area contributed by atoms with Crippen LogP contribution in [0.2, 0.25) is 0 Å². The predicted molar refractivity (Wildman–Crippen MR) is 126 cm³/mol. The number of halogens is 3. The molecule has 2 aromatic carbocycles.